The minimum absolute atomic E-state index is 0.396. The second kappa shape index (κ2) is 6.66. The molecule has 0 radical (unpaired) electrons. The normalized spacial score (nSPS) is 11.0. The van der Waals surface area contributed by atoms with Gasteiger partial charge >= 0.3 is 0 Å². The predicted molar refractivity (Wildman–Crippen MR) is 87.7 cm³/mol. The smallest absolute Gasteiger partial charge is 0.131 e. The van der Waals surface area contributed by atoms with Crippen molar-refractivity contribution in [2.24, 2.45) is 0 Å². The summed E-state index contributed by atoms with van der Waals surface area (Å²) in [4.78, 5) is 4.78. The van der Waals surface area contributed by atoms with Gasteiger partial charge in [0.15, 0.2) is 0 Å². The molecular weight excluding hydrogens is 264 g/mol. The van der Waals surface area contributed by atoms with Crippen LogP contribution < -0.4 is 14.8 Å². The topological polar surface area (TPSA) is 43.4 Å². The monoisotopic (exact) mass is 288 g/mol. The van der Waals surface area contributed by atoms with Crippen molar-refractivity contribution in [1.82, 2.24) is 4.98 Å². The summed E-state index contributed by atoms with van der Waals surface area (Å²) in [6.07, 6.45) is 1.07. The van der Waals surface area contributed by atoms with Gasteiger partial charge in [-0.1, -0.05) is 20.8 Å². The van der Waals surface area contributed by atoms with Crippen LogP contribution in [-0.4, -0.2) is 25.7 Å². The van der Waals surface area contributed by atoms with E-state index in [4.69, 9.17) is 14.5 Å². The lowest BCUT2D eigenvalue weighted by Crippen LogP contribution is -2.07. The summed E-state index contributed by atoms with van der Waals surface area (Å²) in [5.41, 5.74) is 2.09. The first kappa shape index (κ1) is 15.4. The molecule has 114 valence electrons. The zero-order valence-corrected chi connectivity index (χ0v) is 13.5. The van der Waals surface area contributed by atoms with Crippen LogP contribution in [0.15, 0.2) is 18.2 Å². The van der Waals surface area contributed by atoms with E-state index >= 15 is 0 Å². The van der Waals surface area contributed by atoms with E-state index in [1.165, 1.54) is 5.56 Å². The zero-order valence-electron chi connectivity index (χ0n) is 13.5. The van der Waals surface area contributed by atoms with Gasteiger partial charge in [0.25, 0.3) is 0 Å². The van der Waals surface area contributed by atoms with Gasteiger partial charge in [-0.3, -0.25) is 0 Å². The van der Waals surface area contributed by atoms with Gasteiger partial charge in [0, 0.05) is 24.1 Å². The number of hydrogen-bond donors (Lipinski definition) is 1. The predicted octanol–water partition coefficient (Wildman–Crippen LogP) is 4.20. The molecule has 0 bridgehead atoms. The SMILES string of the molecule is CCCNc1nc2cc(OC)cc(OC)c2cc1C(C)C. The van der Waals surface area contributed by atoms with Gasteiger partial charge in [0.1, 0.15) is 17.3 Å². The molecule has 1 aromatic carbocycles. The molecule has 2 aromatic rings. The fourth-order valence-electron chi connectivity index (χ4n) is 2.35. The first-order chi connectivity index (χ1) is 10.1. The highest BCUT2D eigenvalue weighted by Gasteiger charge is 2.14. The number of methoxy groups -OCH3 is 2. The molecule has 0 saturated carbocycles. The summed E-state index contributed by atoms with van der Waals surface area (Å²) < 4.78 is 10.8. The maximum atomic E-state index is 5.49. The van der Waals surface area contributed by atoms with Gasteiger partial charge in [0.05, 0.1) is 19.7 Å². The fraction of sp³-hybridized carbons (Fsp3) is 0.471. The first-order valence-corrected chi connectivity index (χ1v) is 7.41. The lowest BCUT2D eigenvalue weighted by molar-refractivity contribution is 0.398. The number of pyridine rings is 1. The van der Waals surface area contributed by atoms with Crippen molar-refractivity contribution in [2.75, 3.05) is 26.1 Å². The maximum absolute atomic E-state index is 5.49. The Labute approximate surface area is 126 Å². The van der Waals surface area contributed by atoms with Crippen LogP contribution in [0.2, 0.25) is 0 Å². The lowest BCUT2D eigenvalue weighted by atomic mass is 10.0. The summed E-state index contributed by atoms with van der Waals surface area (Å²) in [6, 6.07) is 6.01. The highest BCUT2D eigenvalue weighted by molar-refractivity contribution is 5.89. The molecule has 4 heteroatoms. The third kappa shape index (κ3) is 3.20. The number of nitrogens with zero attached hydrogens (tertiary/aromatic N) is 1. The number of anilines is 1. The van der Waals surface area contributed by atoms with E-state index in [0.717, 1.165) is 41.2 Å². The van der Waals surface area contributed by atoms with Gasteiger partial charge in [-0.25, -0.2) is 4.98 Å². The Morgan fingerprint density at radius 1 is 1.14 bits per heavy atom. The van der Waals surface area contributed by atoms with Crippen molar-refractivity contribution in [3.05, 3.63) is 23.8 Å². The third-order valence-corrected chi connectivity index (χ3v) is 3.52. The molecule has 0 amide bonds. The van der Waals surface area contributed by atoms with E-state index in [-0.39, 0.29) is 0 Å². The minimum atomic E-state index is 0.396. The van der Waals surface area contributed by atoms with E-state index in [1.807, 2.05) is 12.1 Å². The third-order valence-electron chi connectivity index (χ3n) is 3.52. The summed E-state index contributed by atoms with van der Waals surface area (Å²) in [5.74, 6) is 2.90. The van der Waals surface area contributed by atoms with Gasteiger partial charge in [0.2, 0.25) is 0 Å². The number of nitrogens with one attached hydrogen (secondary N) is 1. The lowest BCUT2D eigenvalue weighted by Gasteiger charge is -2.16. The molecule has 21 heavy (non-hydrogen) atoms. The van der Waals surface area contributed by atoms with E-state index < -0.39 is 0 Å². The van der Waals surface area contributed by atoms with Crippen LogP contribution in [0.4, 0.5) is 5.82 Å². The van der Waals surface area contributed by atoms with Crippen LogP contribution in [0.1, 0.15) is 38.7 Å². The van der Waals surface area contributed by atoms with Crippen LogP contribution in [0.25, 0.3) is 10.9 Å². The first-order valence-electron chi connectivity index (χ1n) is 7.41. The number of rotatable bonds is 6. The molecule has 0 saturated heterocycles. The highest BCUT2D eigenvalue weighted by Crippen LogP contribution is 2.34. The van der Waals surface area contributed by atoms with Crippen molar-refractivity contribution in [3.8, 4) is 11.5 Å². The standard InChI is InChI=1S/C17H24N2O2/c1-6-7-18-17-13(11(2)3)10-14-15(19-17)8-12(20-4)9-16(14)21-5/h8-11H,6-7H2,1-5H3,(H,18,19). The van der Waals surface area contributed by atoms with Crippen molar-refractivity contribution < 1.29 is 9.47 Å². The van der Waals surface area contributed by atoms with Gasteiger partial charge < -0.3 is 14.8 Å². The second-order valence-corrected chi connectivity index (χ2v) is 5.40. The molecule has 1 heterocycles. The number of hydrogen-bond acceptors (Lipinski definition) is 4. The van der Waals surface area contributed by atoms with Crippen LogP contribution in [0.3, 0.4) is 0 Å². The van der Waals surface area contributed by atoms with Gasteiger partial charge in [-0.15, -0.1) is 0 Å². The Balaban J connectivity index is 2.64. The second-order valence-electron chi connectivity index (χ2n) is 5.40. The number of fused-ring (bicyclic) bond motifs is 1. The molecule has 1 N–H and O–H groups in total. The number of aromatic nitrogens is 1. The summed E-state index contributed by atoms with van der Waals surface area (Å²) in [6.45, 7) is 7.42. The van der Waals surface area contributed by atoms with Crippen molar-refractivity contribution >= 4 is 16.7 Å². The number of ether oxygens (including phenoxy) is 2. The van der Waals surface area contributed by atoms with Crippen molar-refractivity contribution in [2.45, 2.75) is 33.1 Å². The fourth-order valence-corrected chi connectivity index (χ4v) is 2.35. The Kier molecular flexibility index (Phi) is 4.89. The maximum Gasteiger partial charge on any atom is 0.131 e. The molecule has 0 atom stereocenters. The van der Waals surface area contributed by atoms with E-state index in [9.17, 15) is 0 Å². The molecule has 0 spiro atoms. The van der Waals surface area contributed by atoms with E-state index in [1.54, 1.807) is 14.2 Å². The summed E-state index contributed by atoms with van der Waals surface area (Å²) in [5, 5.41) is 4.44. The van der Waals surface area contributed by atoms with E-state index in [2.05, 4.69) is 32.2 Å². The average molecular weight is 288 g/mol. The molecule has 2 rings (SSSR count). The Morgan fingerprint density at radius 3 is 2.48 bits per heavy atom. The molecule has 0 unspecified atom stereocenters. The average Bonchev–Trinajstić information content (AvgIpc) is 2.50. The Bertz CT molecular complexity index is 624. The van der Waals surface area contributed by atoms with Crippen LogP contribution in [0.5, 0.6) is 11.5 Å². The zero-order chi connectivity index (χ0) is 15.4. The summed E-state index contributed by atoms with van der Waals surface area (Å²) >= 11 is 0. The van der Waals surface area contributed by atoms with Crippen molar-refractivity contribution in [3.63, 3.8) is 0 Å². The van der Waals surface area contributed by atoms with Gasteiger partial charge in [-0.2, -0.15) is 0 Å². The molecule has 0 aliphatic carbocycles. The molecule has 0 fully saturated rings. The molecule has 1 aromatic heterocycles. The van der Waals surface area contributed by atoms with Crippen LogP contribution >= 0.6 is 0 Å². The quantitative estimate of drug-likeness (QED) is 0.865. The van der Waals surface area contributed by atoms with Crippen LogP contribution in [0, 0.1) is 0 Å². The summed E-state index contributed by atoms with van der Waals surface area (Å²) in [7, 11) is 3.33. The molecule has 0 aliphatic rings. The van der Waals surface area contributed by atoms with Gasteiger partial charge in [-0.05, 0) is 24.0 Å². The van der Waals surface area contributed by atoms with Crippen LogP contribution in [-0.2, 0) is 0 Å². The molecular formula is C17H24N2O2. The molecule has 4 nitrogen and oxygen atoms in total. The van der Waals surface area contributed by atoms with Crippen molar-refractivity contribution in [1.29, 1.82) is 0 Å². The Morgan fingerprint density at radius 2 is 1.90 bits per heavy atom. The van der Waals surface area contributed by atoms with E-state index in [0.29, 0.717) is 5.92 Å². The minimum Gasteiger partial charge on any atom is -0.497 e. The molecule has 0 aliphatic heterocycles. The highest BCUT2D eigenvalue weighted by atomic mass is 16.5. The Hall–Kier alpha value is -1.97. The number of benzene rings is 1. The largest absolute Gasteiger partial charge is 0.497 e.